The van der Waals surface area contributed by atoms with Crippen LogP contribution in [0.5, 0.6) is 0 Å². The summed E-state index contributed by atoms with van der Waals surface area (Å²) in [6, 6.07) is 13.5. The third-order valence-electron chi connectivity index (χ3n) is 5.83. The maximum absolute atomic E-state index is 14.7. The average Bonchev–Trinajstić information content (AvgIpc) is 3.15. The molecule has 2 heterocycles. The van der Waals surface area contributed by atoms with Gasteiger partial charge in [-0.1, -0.05) is 12.1 Å². The van der Waals surface area contributed by atoms with Gasteiger partial charge in [0.15, 0.2) is 5.82 Å². The van der Waals surface area contributed by atoms with E-state index in [2.05, 4.69) is 9.97 Å². The van der Waals surface area contributed by atoms with E-state index < -0.39 is 6.10 Å². The van der Waals surface area contributed by atoms with Gasteiger partial charge in [-0.2, -0.15) is 0 Å². The number of nitrogens with zero attached hydrogens (tertiary/aromatic N) is 4. The predicted octanol–water partition coefficient (Wildman–Crippen LogP) is 3.71. The lowest BCUT2D eigenvalue weighted by Gasteiger charge is -2.34. The molecule has 3 N–H and O–H groups in total. The van der Waals surface area contributed by atoms with E-state index in [-0.39, 0.29) is 17.9 Å². The molecule has 0 aliphatic heterocycles. The molecule has 2 aromatic heterocycles. The van der Waals surface area contributed by atoms with Gasteiger partial charge in [-0.15, -0.1) is 0 Å². The lowest BCUT2D eigenvalue weighted by molar-refractivity contribution is 0.0594. The van der Waals surface area contributed by atoms with Crippen LogP contribution in [0.25, 0.3) is 33.8 Å². The van der Waals surface area contributed by atoms with Gasteiger partial charge in [0, 0.05) is 24.0 Å². The molecule has 0 unspecified atom stereocenters. The minimum atomic E-state index is -0.738. The van der Waals surface area contributed by atoms with Gasteiger partial charge in [0.05, 0.1) is 28.7 Å². The number of rotatable bonds is 3. The van der Waals surface area contributed by atoms with Gasteiger partial charge in [-0.05, 0) is 55.7 Å². The van der Waals surface area contributed by atoms with Crippen LogP contribution >= 0.6 is 0 Å². The Kier molecular flexibility index (Phi) is 4.77. The van der Waals surface area contributed by atoms with Crippen LogP contribution < -0.4 is 5.73 Å². The van der Waals surface area contributed by atoms with Gasteiger partial charge >= 0.3 is 0 Å². The molecule has 1 aliphatic rings. The summed E-state index contributed by atoms with van der Waals surface area (Å²) in [5.74, 6) is 0.739. The molecule has 1 fully saturated rings. The van der Waals surface area contributed by atoms with E-state index in [0.29, 0.717) is 17.2 Å². The molecule has 0 bridgehead atoms. The number of hydrogen-bond acceptors (Lipinski definition) is 5. The Morgan fingerprint density at radius 2 is 1.83 bits per heavy atom. The normalized spacial score (nSPS) is 21.8. The van der Waals surface area contributed by atoms with E-state index in [9.17, 15) is 9.50 Å². The van der Waals surface area contributed by atoms with Crippen LogP contribution in [0.2, 0.25) is 0 Å². The first-order chi connectivity index (χ1) is 14.6. The fourth-order valence-corrected chi connectivity index (χ4v) is 4.32. The summed E-state index contributed by atoms with van der Waals surface area (Å²) in [7, 11) is 0. The quantitative estimate of drug-likeness (QED) is 0.544. The highest BCUT2D eigenvalue weighted by Crippen LogP contribution is 2.37. The highest BCUT2D eigenvalue weighted by atomic mass is 19.1. The zero-order valence-electron chi connectivity index (χ0n) is 16.3. The molecule has 3 atom stereocenters. The van der Waals surface area contributed by atoms with Crippen molar-refractivity contribution < 1.29 is 9.50 Å². The maximum Gasteiger partial charge on any atom is 0.159 e. The minimum absolute atomic E-state index is 0.291. The van der Waals surface area contributed by atoms with Crippen molar-refractivity contribution >= 4 is 11.0 Å². The second-order valence-corrected chi connectivity index (χ2v) is 7.71. The van der Waals surface area contributed by atoms with Crippen molar-refractivity contribution in [2.75, 3.05) is 0 Å². The Bertz CT molecular complexity index is 1190. The van der Waals surface area contributed by atoms with Gasteiger partial charge in [0.2, 0.25) is 0 Å². The minimum Gasteiger partial charge on any atom is -0.389 e. The molecule has 4 aromatic rings. The standard InChI is InChI=1S/C23H22FN5O/c24-16-6-2-1-5-15(16)23-28-18-10-9-14(22-26-11-4-12-27-22)13-20(18)29(23)19-8-3-7-17(25)21(19)30/h1-2,4-6,9-13,17,19,21,30H,3,7-8,25H2/t17-,19+,21+/m0/s1. The van der Waals surface area contributed by atoms with Gasteiger partial charge < -0.3 is 15.4 Å². The summed E-state index contributed by atoms with van der Waals surface area (Å²) in [6.07, 6.45) is 5.05. The van der Waals surface area contributed by atoms with E-state index in [1.165, 1.54) is 6.07 Å². The van der Waals surface area contributed by atoms with Crippen molar-refractivity contribution in [1.29, 1.82) is 0 Å². The van der Waals surface area contributed by atoms with Crippen LogP contribution in [0.1, 0.15) is 25.3 Å². The van der Waals surface area contributed by atoms with E-state index in [4.69, 9.17) is 10.7 Å². The molecule has 0 amide bonds. The predicted molar refractivity (Wildman–Crippen MR) is 113 cm³/mol. The number of benzene rings is 2. The van der Waals surface area contributed by atoms with Crippen molar-refractivity contribution in [3.63, 3.8) is 0 Å². The maximum atomic E-state index is 14.7. The fourth-order valence-electron chi connectivity index (χ4n) is 4.32. The Hall–Kier alpha value is -3.16. The third-order valence-corrected chi connectivity index (χ3v) is 5.83. The zero-order chi connectivity index (χ0) is 20.7. The molecular weight excluding hydrogens is 381 g/mol. The second kappa shape index (κ2) is 7.59. The van der Waals surface area contributed by atoms with Gasteiger partial charge in [0.1, 0.15) is 11.6 Å². The van der Waals surface area contributed by atoms with Crippen LogP contribution in [-0.2, 0) is 0 Å². The van der Waals surface area contributed by atoms with Crippen LogP contribution in [0.3, 0.4) is 0 Å². The topological polar surface area (TPSA) is 89.9 Å². The first kappa shape index (κ1) is 18.8. The highest BCUT2D eigenvalue weighted by Gasteiger charge is 2.34. The first-order valence-electron chi connectivity index (χ1n) is 10.1. The second-order valence-electron chi connectivity index (χ2n) is 7.71. The van der Waals surface area contributed by atoms with Crippen LogP contribution in [0.15, 0.2) is 60.9 Å². The zero-order valence-corrected chi connectivity index (χ0v) is 16.3. The Morgan fingerprint density at radius 1 is 1.03 bits per heavy atom. The number of hydrogen-bond donors (Lipinski definition) is 2. The van der Waals surface area contributed by atoms with Crippen LogP contribution in [-0.4, -0.2) is 36.8 Å². The van der Waals surface area contributed by atoms with Crippen molar-refractivity contribution in [2.45, 2.75) is 37.5 Å². The molecule has 30 heavy (non-hydrogen) atoms. The molecule has 2 aromatic carbocycles. The summed E-state index contributed by atoms with van der Waals surface area (Å²) in [5, 5.41) is 10.9. The van der Waals surface area contributed by atoms with Crippen molar-refractivity contribution in [3.05, 3.63) is 66.7 Å². The number of imidazole rings is 1. The third kappa shape index (κ3) is 3.16. The number of fused-ring (bicyclic) bond motifs is 1. The van der Waals surface area contributed by atoms with Crippen LogP contribution in [0.4, 0.5) is 4.39 Å². The smallest absolute Gasteiger partial charge is 0.159 e. The molecule has 6 nitrogen and oxygen atoms in total. The fraction of sp³-hybridized carbons (Fsp3) is 0.261. The number of aromatic nitrogens is 4. The number of nitrogens with two attached hydrogens (primary N) is 1. The molecule has 0 radical (unpaired) electrons. The van der Waals surface area contributed by atoms with Gasteiger partial charge in [-0.25, -0.2) is 19.3 Å². The Balaban J connectivity index is 1.76. The molecule has 1 aliphatic carbocycles. The summed E-state index contributed by atoms with van der Waals surface area (Å²) >= 11 is 0. The number of halogens is 1. The lowest BCUT2D eigenvalue weighted by atomic mass is 9.88. The van der Waals surface area contributed by atoms with Gasteiger partial charge in [-0.3, -0.25) is 0 Å². The molecule has 152 valence electrons. The molecular formula is C23H22FN5O. The summed E-state index contributed by atoms with van der Waals surface area (Å²) in [5.41, 5.74) is 8.94. The van der Waals surface area contributed by atoms with E-state index in [1.54, 1.807) is 36.7 Å². The van der Waals surface area contributed by atoms with Crippen molar-refractivity contribution in [3.8, 4) is 22.8 Å². The molecule has 5 rings (SSSR count). The molecule has 0 saturated heterocycles. The Morgan fingerprint density at radius 3 is 2.63 bits per heavy atom. The summed E-state index contributed by atoms with van der Waals surface area (Å²) in [6.45, 7) is 0. The summed E-state index contributed by atoms with van der Waals surface area (Å²) < 4.78 is 16.7. The number of aliphatic hydroxyl groups excluding tert-OH is 1. The van der Waals surface area contributed by atoms with Crippen molar-refractivity contribution in [2.24, 2.45) is 5.73 Å². The summed E-state index contributed by atoms with van der Waals surface area (Å²) in [4.78, 5) is 13.4. The Labute approximate surface area is 173 Å². The number of aliphatic hydroxyl groups is 1. The molecule has 1 saturated carbocycles. The van der Waals surface area contributed by atoms with E-state index >= 15 is 0 Å². The molecule has 7 heteroatoms. The van der Waals surface area contributed by atoms with Gasteiger partial charge in [0.25, 0.3) is 0 Å². The highest BCUT2D eigenvalue weighted by molar-refractivity contribution is 5.85. The molecule has 0 spiro atoms. The average molecular weight is 403 g/mol. The van der Waals surface area contributed by atoms with E-state index in [1.807, 2.05) is 22.8 Å². The van der Waals surface area contributed by atoms with Crippen LogP contribution in [0, 0.1) is 5.82 Å². The van der Waals surface area contributed by atoms with Crippen molar-refractivity contribution in [1.82, 2.24) is 19.5 Å². The first-order valence-corrected chi connectivity index (χ1v) is 10.1. The van der Waals surface area contributed by atoms with E-state index in [0.717, 1.165) is 35.9 Å². The largest absolute Gasteiger partial charge is 0.389 e. The lowest BCUT2D eigenvalue weighted by Crippen LogP contribution is -2.44. The monoisotopic (exact) mass is 403 g/mol. The SMILES string of the molecule is N[C@H]1CCC[C@@H](n2c(-c3ccccc3F)nc3ccc(-c4ncccn4)cc32)[C@@H]1O.